The Morgan fingerprint density at radius 2 is 2.23 bits per heavy atom. The molecule has 2 aromatic rings. The molecule has 0 spiro atoms. The van der Waals surface area contributed by atoms with Gasteiger partial charge in [-0.15, -0.1) is 11.3 Å². The minimum absolute atomic E-state index is 0.189. The quantitative estimate of drug-likeness (QED) is 0.721. The van der Waals surface area contributed by atoms with E-state index in [2.05, 4.69) is 10.1 Å². The number of thiophene rings is 1. The summed E-state index contributed by atoms with van der Waals surface area (Å²) in [6.07, 6.45) is 0. The van der Waals surface area contributed by atoms with Gasteiger partial charge in [0.15, 0.2) is 0 Å². The van der Waals surface area contributed by atoms with Crippen molar-refractivity contribution in [3.05, 3.63) is 29.6 Å². The van der Waals surface area contributed by atoms with Crippen LogP contribution in [-0.2, 0) is 0 Å². The fraction of sp³-hybridized carbons (Fsp3) is 0.111. The first-order valence-corrected chi connectivity index (χ1v) is 4.42. The number of benzene rings is 1. The zero-order valence-electron chi connectivity index (χ0n) is 6.46. The van der Waals surface area contributed by atoms with Gasteiger partial charge in [0.25, 0.3) is 0 Å². The van der Waals surface area contributed by atoms with Crippen molar-refractivity contribution in [2.45, 2.75) is 6.61 Å². The van der Waals surface area contributed by atoms with Crippen molar-refractivity contribution in [2.24, 2.45) is 0 Å². The number of hydrogen-bond acceptors (Lipinski definition) is 2. The van der Waals surface area contributed by atoms with E-state index in [4.69, 9.17) is 0 Å². The van der Waals surface area contributed by atoms with Crippen LogP contribution in [0.5, 0.6) is 5.75 Å². The molecular formula is C9H5F2OS. The van der Waals surface area contributed by atoms with Gasteiger partial charge in [0, 0.05) is 10.1 Å². The van der Waals surface area contributed by atoms with Gasteiger partial charge in [-0.05, 0) is 29.7 Å². The fourth-order valence-corrected chi connectivity index (χ4v) is 1.75. The van der Waals surface area contributed by atoms with E-state index < -0.39 is 6.61 Å². The molecule has 1 nitrogen and oxygen atoms in total. The lowest BCUT2D eigenvalue weighted by molar-refractivity contribution is -0.0497. The van der Waals surface area contributed by atoms with Crippen molar-refractivity contribution in [3.63, 3.8) is 0 Å². The second kappa shape index (κ2) is 3.30. The van der Waals surface area contributed by atoms with Crippen LogP contribution in [0.15, 0.2) is 24.3 Å². The molecule has 1 heterocycles. The number of fused-ring (bicyclic) bond motifs is 1. The first-order chi connectivity index (χ1) is 6.25. The maximum atomic E-state index is 11.8. The van der Waals surface area contributed by atoms with Crippen molar-refractivity contribution in [3.8, 4) is 5.75 Å². The zero-order chi connectivity index (χ0) is 9.26. The minimum Gasteiger partial charge on any atom is -0.435 e. The summed E-state index contributed by atoms with van der Waals surface area (Å²) in [4.78, 5) is 0. The lowest BCUT2D eigenvalue weighted by Gasteiger charge is -2.03. The lowest BCUT2D eigenvalue weighted by Crippen LogP contribution is -2.01. The van der Waals surface area contributed by atoms with Crippen LogP contribution in [-0.4, -0.2) is 6.61 Å². The normalized spacial score (nSPS) is 11.0. The number of alkyl halides is 2. The number of halogens is 2. The maximum absolute atomic E-state index is 11.8. The average Bonchev–Trinajstić information content (AvgIpc) is 2.49. The van der Waals surface area contributed by atoms with Crippen molar-refractivity contribution in [2.75, 3.05) is 0 Å². The van der Waals surface area contributed by atoms with Gasteiger partial charge in [0.2, 0.25) is 0 Å². The highest BCUT2D eigenvalue weighted by atomic mass is 32.1. The summed E-state index contributed by atoms with van der Waals surface area (Å²) < 4.78 is 28.9. The summed E-state index contributed by atoms with van der Waals surface area (Å²) in [6.45, 7) is -2.76. The Bertz CT molecular complexity index is 411. The van der Waals surface area contributed by atoms with Crippen LogP contribution >= 0.6 is 11.3 Å². The van der Waals surface area contributed by atoms with E-state index in [1.54, 1.807) is 18.2 Å². The molecule has 1 radical (unpaired) electrons. The highest BCUT2D eigenvalue weighted by molar-refractivity contribution is 7.16. The van der Waals surface area contributed by atoms with Gasteiger partial charge in [0.05, 0.1) is 0 Å². The Morgan fingerprint density at radius 3 is 3.00 bits per heavy atom. The van der Waals surface area contributed by atoms with Crippen molar-refractivity contribution >= 4 is 21.4 Å². The molecule has 0 aliphatic heterocycles. The largest absolute Gasteiger partial charge is 0.435 e. The van der Waals surface area contributed by atoms with Crippen molar-refractivity contribution in [1.82, 2.24) is 0 Å². The monoisotopic (exact) mass is 199 g/mol. The summed E-state index contributed by atoms with van der Waals surface area (Å²) in [7, 11) is 0. The summed E-state index contributed by atoms with van der Waals surface area (Å²) in [5.74, 6) is 0.189. The van der Waals surface area contributed by atoms with Crippen molar-refractivity contribution < 1.29 is 13.5 Å². The van der Waals surface area contributed by atoms with Gasteiger partial charge >= 0.3 is 6.61 Å². The molecule has 0 saturated carbocycles. The van der Waals surface area contributed by atoms with Gasteiger partial charge in [0.1, 0.15) is 5.75 Å². The van der Waals surface area contributed by atoms with Gasteiger partial charge < -0.3 is 4.74 Å². The molecule has 0 aliphatic carbocycles. The molecule has 13 heavy (non-hydrogen) atoms. The van der Waals surface area contributed by atoms with Crippen LogP contribution < -0.4 is 4.74 Å². The molecule has 1 aromatic carbocycles. The zero-order valence-corrected chi connectivity index (χ0v) is 7.28. The van der Waals surface area contributed by atoms with Crippen LogP contribution in [0.25, 0.3) is 10.1 Å². The summed E-state index contributed by atoms with van der Waals surface area (Å²) in [5.41, 5.74) is 0. The number of hydrogen-bond donors (Lipinski definition) is 0. The van der Waals surface area contributed by atoms with Crippen LogP contribution in [0.1, 0.15) is 0 Å². The van der Waals surface area contributed by atoms with E-state index in [0.29, 0.717) is 0 Å². The average molecular weight is 199 g/mol. The lowest BCUT2D eigenvalue weighted by atomic mass is 10.2. The highest BCUT2D eigenvalue weighted by Gasteiger charge is 2.04. The molecule has 0 atom stereocenters. The van der Waals surface area contributed by atoms with E-state index in [1.807, 2.05) is 0 Å². The molecule has 0 saturated heterocycles. The topological polar surface area (TPSA) is 9.23 Å². The highest BCUT2D eigenvalue weighted by Crippen LogP contribution is 2.25. The summed E-state index contributed by atoms with van der Waals surface area (Å²) in [5, 5.41) is 3.79. The van der Waals surface area contributed by atoms with E-state index in [0.717, 1.165) is 10.1 Å². The molecule has 0 N–H and O–H groups in total. The molecule has 67 valence electrons. The third kappa shape index (κ3) is 1.78. The number of rotatable bonds is 2. The van der Waals surface area contributed by atoms with Gasteiger partial charge in [-0.1, -0.05) is 0 Å². The summed E-state index contributed by atoms with van der Waals surface area (Å²) >= 11 is 1.45. The smallest absolute Gasteiger partial charge is 0.387 e. The Morgan fingerprint density at radius 1 is 1.38 bits per heavy atom. The Kier molecular flexibility index (Phi) is 2.14. The predicted octanol–water partition coefficient (Wildman–Crippen LogP) is 3.30. The third-order valence-corrected chi connectivity index (χ3v) is 2.42. The molecule has 0 amide bonds. The third-order valence-electron chi connectivity index (χ3n) is 1.59. The molecular weight excluding hydrogens is 194 g/mol. The SMILES string of the molecule is FC(F)Oc1ccc2s[c]cc2c1. The van der Waals surface area contributed by atoms with Crippen molar-refractivity contribution in [1.29, 1.82) is 0 Å². The standard InChI is InChI=1S/C9H5F2OS/c10-9(11)12-7-1-2-8-6(5-7)3-4-13-8/h1-3,5,9H. The molecule has 4 heteroatoms. The van der Waals surface area contributed by atoms with Crippen LogP contribution in [0.4, 0.5) is 8.78 Å². The van der Waals surface area contributed by atoms with Gasteiger partial charge in [-0.3, -0.25) is 0 Å². The predicted molar refractivity (Wildman–Crippen MR) is 47.3 cm³/mol. The maximum Gasteiger partial charge on any atom is 0.387 e. The first-order valence-electron chi connectivity index (χ1n) is 3.60. The Labute approximate surface area is 77.6 Å². The molecule has 0 fully saturated rings. The first kappa shape index (κ1) is 8.44. The fourth-order valence-electron chi connectivity index (χ4n) is 1.06. The molecule has 2 rings (SSSR count). The molecule has 0 aliphatic rings. The molecule has 0 unspecified atom stereocenters. The van der Waals surface area contributed by atoms with E-state index in [-0.39, 0.29) is 5.75 Å². The second-order valence-corrected chi connectivity index (χ2v) is 3.32. The van der Waals surface area contributed by atoms with E-state index >= 15 is 0 Å². The Hall–Kier alpha value is -1.16. The van der Waals surface area contributed by atoms with Crippen LogP contribution in [0.3, 0.4) is 0 Å². The summed E-state index contributed by atoms with van der Waals surface area (Å²) in [6, 6.07) is 6.60. The van der Waals surface area contributed by atoms with E-state index in [1.165, 1.54) is 17.4 Å². The molecule has 1 aromatic heterocycles. The molecule has 0 bridgehead atoms. The van der Waals surface area contributed by atoms with Crippen LogP contribution in [0.2, 0.25) is 0 Å². The van der Waals surface area contributed by atoms with E-state index in [9.17, 15) is 8.78 Å². The Balaban J connectivity index is 2.37. The van der Waals surface area contributed by atoms with Gasteiger partial charge in [-0.2, -0.15) is 8.78 Å². The van der Waals surface area contributed by atoms with Crippen LogP contribution in [0, 0.1) is 5.38 Å². The van der Waals surface area contributed by atoms with Gasteiger partial charge in [-0.25, -0.2) is 0 Å². The number of ether oxygens (including phenoxy) is 1. The second-order valence-electron chi connectivity index (χ2n) is 2.44. The minimum atomic E-state index is -2.76.